The molecule has 3 N–H and O–H groups in total. The predicted molar refractivity (Wildman–Crippen MR) is 51.4 cm³/mol. The molecule has 0 amide bonds. The number of carboxylic acids is 1. The third-order valence-electron chi connectivity index (χ3n) is 1.98. The second-order valence-corrected chi connectivity index (χ2v) is 3.03. The number of aliphatic carboxylic acids is 1. The zero-order chi connectivity index (χ0) is 11.4. The molecule has 0 bridgehead atoms. The van der Waals surface area contributed by atoms with E-state index in [1.807, 2.05) is 0 Å². The van der Waals surface area contributed by atoms with E-state index in [-0.39, 0.29) is 17.9 Å². The Morgan fingerprint density at radius 2 is 2.20 bits per heavy atom. The Kier molecular flexibility index (Phi) is 3.65. The number of carboxylic acid groups (broad SMARTS) is 1. The molecule has 0 saturated carbocycles. The molecule has 0 saturated heterocycles. The Morgan fingerprint density at radius 3 is 2.73 bits per heavy atom. The first-order chi connectivity index (χ1) is 7.07. The zero-order valence-corrected chi connectivity index (χ0v) is 8.17. The fourth-order valence-electron chi connectivity index (χ4n) is 1.24. The summed E-state index contributed by atoms with van der Waals surface area (Å²) in [6.07, 6.45) is -1.72. The first kappa shape index (κ1) is 11.5. The van der Waals surface area contributed by atoms with Crippen LogP contribution in [-0.4, -0.2) is 28.4 Å². The molecule has 1 aromatic carbocycles. The summed E-state index contributed by atoms with van der Waals surface area (Å²) >= 11 is 0. The summed E-state index contributed by atoms with van der Waals surface area (Å²) in [5, 5.41) is 27.5. The molecule has 0 radical (unpaired) electrons. The van der Waals surface area contributed by atoms with Gasteiger partial charge in [0, 0.05) is 18.2 Å². The van der Waals surface area contributed by atoms with Gasteiger partial charge in [-0.05, 0) is 0 Å². The summed E-state index contributed by atoms with van der Waals surface area (Å²) in [6.45, 7) is 0.159. The second kappa shape index (κ2) is 4.77. The number of phenols is 1. The number of carbonyl (C=O) groups is 1. The maximum absolute atomic E-state index is 10.5. The van der Waals surface area contributed by atoms with Gasteiger partial charge in [0.25, 0.3) is 0 Å². The third kappa shape index (κ3) is 2.45. The standard InChI is InChI=1S/C10H12O5/c1-15-5-6-3-2-4-7(8(6)11)9(12)10(13)14/h2-4,9,11-12H,5H2,1H3,(H,13,14). The van der Waals surface area contributed by atoms with E-state index in [0.29, 0.717) is 5.56 Å². The van der Waals surface area contributed by atoms with Crippen molar-refractivity contribution >= 4 is 5.97 Å². The van der Waals surface area contributed by atoms with Crippen molar-refractivity contribution in [1.82, 2.24) is 0 Å². The largest absolute Gasteiger partial charge is 0.507 e. The van der Waals surface area contributed by atoms with Gasteiger partial charge in [0.05, 0.1) is 6.61 Å². The number of rotatable bonds is 4. The monoisotopic (exact) mass is 212 g/mol. The molecule has 5 nitrogen and oxygen atoms in total. The van der Waals surface area contributed by atoms with Crippen molar-refractivity contribution in [3.8, 4) is 5.75 Å². The Balaban J connectivity index is 3.08. The molecule has 0 aliphatic rings. The van der Waals surface area contributed by atoms with Crippen LogP contribution in [0.3, 0.4) is 0 Å². The number of aliphatic hydroxyl groups excluding tert-OH is 1. The molecular formula is C10H12O5. The molecule has 0 heterocycles. The molecule has 0 aliphatic heterocycles. The van der Waals surface area contributed by atoms with Gasteiger partial charge in [-0.15, -0.1) is 0 Å². The summed E-state index contributed by atoms with van der Waals surface area (Å²) < 4.78 is 4.81. The van der Waals surface area contributed by atoms with Crippen molar-refractivity contribution in [2.45, 2.75) is 12.7 Å². The Hall–Kier alpha value is -1.59. The SMILES string of the molecule is COCc1cccc(C(O)C(=O)O)c1O. The van der Waals surface area contributed by atoms with Crippen molar-refractivity contribution in [2.24, 2.45) is 0 Å². The van der Waals surface area contributed by atoms with E-state index in [1.54, 1.807) is 12.1 Å². The molecule has 1 rings (SSSR count). The topological polar surface area (TPSA) is 87.0 Å². The molecule has 1 atom stereocenters. The second-order valence-electron chi connectivity index (χ2n) is 3.03. The van der Waals surface area contributed by atoms with Gasteiger partial charge in [-0.3, -0.25) is 0 Å². The van der Waals surface area contributed by atoms with E-state index >= 15 is 0 Å². The molecule has 0 aromatic heterocycles. The maximum atomic E-state index is 10.5. The van der Waals surface area contributed by atoms with Gasteiger partial charge in [-0.1, -0.05) is 18.2 Å². The highest BCUT2D eigenvalue weighted by Gasteiger charge is 2.20. The molecule has 1 aromatic rings. The number of methoxy groups -OCH3 is 1. The van der Waals surface area contributed by atoms with Crippen LogP contribution in [0, 0.1) is 0 Å². The minimum absolute atomic E-state index is 0.0305. The van der Waals surface area contributed by atoms with Crippen LogP contribution < -0.4 is 0 Å². The van der Waals surface area contributed by atoms with Crippen LogP contribution in [0.25, 0.3) is 0 Å². The van der Waals surface area contributed by atoms with Crippen molar-refractivity contribution in [3.05, 3.63) is 29.3 Å². The van der Waals surface area contributed by atoms with Crippen LogP contribution in [0.1, 0.15) is 17.2 Å². The number of hydrogen-bond acceptors (Lipinski definition) is 4. The van der Waals surface area contributed by atoms with Gasteiger partial charge >= 0.3 is 5.97 Å². The lowest BCUT2D eigenvalue weighted by Gasteiger charge is -2.11. The number of aromatic hydroxyl groups is 1. The highest BCUT2D eigenvalue weighted by atomic mass is 16.5. The number of hydrogen-bond donors (Lipinski definition) is 3. The minimum atomic E-state index is -1.72. The number of para-hydroxylation sites is 1. The first-order valence-corrected chi connectivity index (χ1v) is 4.28. The van der Waals surface area contributed by atoms with Crippen molar-refractivity contribution in [2.75, 3.05) is 7.11 Å². The van der Waals surface area contributed by atoms with Crippen LogP contribution in [0.5, 0.6) is 5.75 Å². The molecule has 15 heavy (non-hydrogen) atoms. The minimum Gasteiger partial charge on any atom is -0.507 e. The van der Waals surface area contributed by atoms with Crippen LogP contribution in [0.2, 0.25) is 0 Å². The Labute approximate surface area is 86.5 Å². The summed E-state index contributed by atoms with van der Waals surface area (Å²) in [5.41, 5.74) is 0.410. The molecule has 0 aliphatic carbocycles. The van der Waals surface area contributed by atoms with E-state index in [0.717, 1.165) is 0 Å². The smallest absolute Gasteiger partial charge is 0.337 e. The zero-order valence-electron chi connectivity index (χ0n) is 8.17. The predicted octanol–water partition coefficient (Wildman–Crippen LogP) is 0.657. The van der Waals surface area contributed by atoms with Crippen LogP contribution in [-0.2, 0) is 16.1 Å². The van der Waals surface area contributed by atoms with Crippen LogP contribution >= 0.6 is 0 Å². The molecule has 1 unspecified atom stereocenters. The van der Waals surface area contributed by atoms with E-state index in [4.69, 9.17) is 9.84 Å². The first-order valence-electron chi connectivity index (χ1n) is 4.28. The number of aliphatic hydroxyl groups is 1. The Morgan fingerprint density at radius 1 is 1.53 bits per heavy atom. The Bertz CT molecular complexity index is 361. The van der Waals surface area contributed by atoms with Gasteiger partial charge in [0.15, 0.2) is 6.10 Å². The highest BCUT2D eigenvalue weighted by molar-refractivity contribution is 5.75. The molecule has 0 spiro atoms. The average molecular weight is 212 g/mol. The van der Waals surface area contributed by atoms with Gasteiger partial charge < -0.3 is 20.1 Å². The van der Waals surface area contributed by atoms with Gasteiger partial charge in [0.1, 0.15) is 5.75 Å². The summed E-state index contributed by atoms with van der Waals surface area (Å²) in [4.78, 5) is 10.5. The van der Waals surface area contributed by atoms with E-state index in [2.05, 4.69) is 0 Å². The van der Waals surface area contributed by atoms with Gasteiger partial charge in [-0.25, -0.2) is 4.79 Å². The highest BCUT2D eigenvalue weighted by Crippen LogP contribution is 2.28. The quantitative estimate of drug-likeness (QED) is 0.682. The number of benzene rings is 1. The molecular weight excluding hydrogens is 200 g/mol. The van der Waals surface area contributed by atoms with Crippen molar-refractivity contribution in [1.29, 1.82) is 0 Å². The summed E-state index contributed by atoms with van der Waals surface area (Å²) in [6, 6.07) is 4.50. The van der Waals surface area contributed by atoms with E-state index < -0.39 is 12.1 Å². The van der Waals surface area contributed by atoms with Crippen molar-refractivity contribution < 1.29 is 24.9 Å². The number of phenolic OH excluding ortho intramolecular Hbond substituents is 1. The van der Waals surface area contributed by atoms with Crippen LogP contribution in [0.15, 0.2) is 18.2 Å². The normalized spacial score (nSPS) is 12.4. The third-order valence-corrected chi connectivity index (χ3v) is 1.98. The fraction of sp³-hybridized carbons (Fsp3) is 0.300. The van der Waals surface area contributed by atoms with Crippen LogP contribution in [0.4, 0.5) is 0 Å². The summed E-state index contributed by atoms with van der Waals surface area (Å²) in [7, 11) is 1.46. The molecule has 5 heteroatoms. The molecule has 0 fully saturated rings. The maximum Gasteiger partial charge on any atom is 0.337 e. The fourth-order valence-corrected chi connectivity index (χ4v) is 1.24. The van der Waals surface area contributed by atoms with Gasteiger partial charge in [-0.2, -0.15) is 0 Å². The summed E-state index contributed by atoms with van der Waals surface area (Å²) in [5.74, 6) is -1.64. The lowest BCUT2D eigenvalue weighted by atomic mass is 10.0. The van der Waals surface area contributed by atoms with Gasteiger partial charge in [0.2, 0.25) is 0 Å². The average Bonchev–Trinajstić information content (AvgIpc) is 2.20. The van der Waals surface area contributed by atoms with E-state index in [9.17, 15) is 15.0 Å². The lowest BCUT2D eigenvalue weighted by molar-refractivity contribution is -0.147. The van der Waals surface area contributed by atoms with Crippen molar-refractivity contribution in [3.63, 3.8) is 0 Å². The lowest BCUT2D eigenvalue weighted by Crippen LogP contribution is -2.11. The molecule has 82 valence electrons. The van der Waals surface area contributed by atoms with E-state index in [1.165, 1.54) is 13.2 Å². The number of ether oxygens (including phenoxy) is 1.